The molecule has 1 amide bonds. The number of methoxy groups -OCH3 is 1. The average Bonchev–Trinajstić information content (AvgIpc) is 3.02. The van der Waals surface area contributed by atoms with E-state index < -0.39 is 0 Å². The van der Waals surface area contributed by atoms with E-state index in [9.17, 15) is 4.79 Å². The molecule has 120 valence electrons. The number of benzene rings is 1. The number of nitrogens with one attached hydrogen (secondary N) is 1. The second kappa shape index (κ2) is 6.77. The lowest BCUT2D eigenvalue weighted by molar-refractivity contribution is -0.127. The third kappa shape index (κ3) is 3.02. The SMILES string of the molecule is COCCOCC(=O)N[C@@H]1c2ccccc2[C@@H]2CN(C)C[C@H]12. The molecule has 0 bridgehead atoms. The van der Waals surface area contributed by atoms with Crippen LogP contribution in [0.4, 0.5) is 0 Å². The van der Waals surface area contributed by atoms with Gasteiger partial charge in [-0.1, -0.05) is 24.3 Å². The van der Waals surface area contributed by atoms with E-state index in [0.29, 0.717) is 25.0 Å². The first-order valence-electron chi connectivity index (χ1n) is 7.84. The van der Waals surface area contributed by atoms with Crippen LogP contribution in [0.1, 0.15) is 23.1 Å². The minimum Gasteiger partial charge on any atom is -0.382 e. The smallest absolute Gasteiger partial charge is 0.246 e. The number of hydrogen-bond donors (Lipinski definition) is 1. The minimum absolute atomic E-state index is 0.0499. The number of likely N-dealkylation sites (N-methyl/N-ethyl adjacent to an activating group) is 1. The van der Waals surface area contributed by atoms with Crippen molar-refractivity contribution in [1.29, 1.82) is 0 Å². The molecule has 1 aliphatic carbocycles. The number of amides is 1. The highest BCUT2D eigenvalue weighted by atomic mass is 16.5. The number of carbonyl (C=O) groups excluding carboxylic acids is 1. The molecular weight excluding hydrogens is 280 g/mol. The standard InChI is InChI=1S/C17H24N2O3/c1-19-9-14-12-5-3-4-6-13(12)17(15(14)10-19)18-16(20)11-22-8-7-21-2/h3-6,14-15,17H,7-11H2,1-2H3,(H,18,20)/t14-,15-,17+/m0/s1. The highest BCUT2D eigenvalue weighted by molar-refractivity contribution is 5.78. The molecule has 1 aliphatic heterocycles. The van der Waals surface area contributed by atoms with Gasteiger partial charge in [0.25, 0.3) is 0 Å². The Bertz CT molecular complexity index is 534. The van der Waals surface area contributed by atoms with Crippen molar-refractivity contribution in [3.05, 3.63) is 35.4 Å². The molecule has 1 aromatic carbocycles. The lowest BCUT2D eigenvalue weighted by Gasteiger charge is -2.21. The predicted octanol–water partition coefficient (Wildman–Crippen LogP) is 1.17. The van der Waals surface area contributed by atoms with Gasteiger partial charge >= 0.3 is 0 Å². The van der Waals surface area contributed by atoms with Crippen LogP contribution in [0.3, 0.4) is 0 Å². The maximum Gasteiger partial charge on any atom is 0.246 e. The van der Waals surface area contributed by atoms with Crippen LogP contribution in [-0.4, -0.2) is 57.9 Å². The Morgan fingerprint density at radius 2 is 2.05 bits per heavy atom. The van der Waals surface area contributed by atoms with Gasteiger partial charge in [-0.25, -0.2) is 0 Å². The Hall–Kier alpha value is -1.43. The summed E-state index contributed by atoms with van der Waals surface area (Å²) < 4.78 is 10.2. The lowest BCUT2D eigenvalue weighted by atomic mass is 9.94. The van der Waals surface area contributed by atoms with E-state index in [1.807, 2.05) is 0 Å². The van der Waals surface area contributed by atoms with Gasteiger partial charge in [0, 0.05) is 32.0 Å². The molecule has 1 N–H and O–H groups in total. The summed E-state index contributed by atoms with van der Waals surface area (Å²) in [5.74, 6) is 0.942. The van der Waals surface area contributed by atoms with Gasteiger partial charge in [-0.2, -0.15) is 0 Å². The lowest BCUT2D eigenvalue weighted by Crippen LogP contribution is -2.35. The van der Waals surface area contributed by atoms with Crippen LogP contribution < -0.4 is 5.32 Å². The first-order valence-corrected chi connectivity index (χ1v) is 7.84. The molecule has 1 heterocycles. The van der Waals surface area contributed by atoms with Crippen molar-refractivity contribution in [2.45, 2.75) is 12.0 Å². The molecule has 3 atom stereocenters. The molecule has 22 heavy (non-hydrogen) atoms. The second-order valence-electron chi connectivity index (χ2n) is 6.21. The van der Waals surface area contributed by atoms with Crippen molar-refractivity contribution < 1.29 is 14.3 Å². The minimum atomic E-state index is -0.0499. The van der Waals surface area contributed by atoms with Crippen molar-refractivity contribution in [1.82, 2.24) is 10.2 Å². The van der Waals surface area contributed by atoms with Crippen LogP contribution in [0.5, 0.6) is 0 Å². The Kier molecular flexibility index (Phi) is 4.76. The summed E-state index contributed by atoms with van der Waals surface area (Å²) in [6, 6.07) is 8.59. The topological polar surface area (TPSA) is 50.8 Å². The van der Waals surface area contributed by atoms with E-state index in [2.05, 4.69) is 41.5 Å². The molecule has 0 saturated carbocycles. The van der Waals surface area contributed by atoms with E-state index in [4.69, 9.17) is 9.47 Å². The van der Waals surface area contributed by atoms with Crippen molar-refractivity contribution in [3.63, 3.8) is 0 Å². The molecule has 1 fully saturated rings. The summed E-state index contributed by atoms with van der Waals surface area (Å²) in [5.41, 5.74) is 2.67. The van der Waals surface area contributed by atoms with Crippen molar-refractivity contribution in [2.75, 3.05) is 47.1 Å². The zero-order valence-corrected chi connectivity index (χ0v) is 13.2. The van der Waals surface area contributed by atoms with E-state index >= 15 is 0 Å². The Morgan fingerprint density at radius 3 is 2.82 bits per heavy atom. The fraction of sp³-hybridized carbons (Fsp3) is 0.588. The van der Waals surface area contributed by atoms with Crippen LogP contribution in [0.15, 0.2) is 24.3 Å². The molecule has 3 rings (SSSR count). The Morgan fingerprint density at radius 1 is 1.27 bits per heavy atom. The highest BCUT2D eigenvalue weighted by Crippen LogP contribution is 2.48. The van der Waals surface area contributed by atoms with E-state index in [0.717, 1.165) is 13.1 Å². The number of hydrogen-bond acceptors (Lipinski definition) is 4. The van der Waals surface area contributed by atoms with Gasteiger partial charge < -0.3 is 19.7 Å². The normalized spacial score (nSPS) is 26.7. The average molecular weight is 304 g/mol. The summed E-state index contributed by atoms with van der Waals surface area (Å²) in [5, 5.41) is 3.17. The molecule has 1 saturated heterocycles. The largest absolute Gasteiger partial charge is 0.382 e. The van der Waals surface area contributed by atoms with Gasteiger partial charge in [0.2, 0.25) is 5.91 Å². The summed E-state index contributed by atoms with van der Waals surface area (Å²) >= 11 is 0. The zero-order valence-electron chi connectivity index (χ0n) is 13.2. The van der Waals surface area contributed by atoms with Gasteiger partial charge in [0.1, 0.15) is 6.61 Å². The van der Waals surface area contributed by atoms with Crippen molar-refractivity contribution in [3.8, 4) is 0 Å². The predicted molar refractivity (Wildman–Crippen MR) is 83.7 cm³/mol. The van der Waals surface area contributed by atoms with Gasteiger partial charge in [-0.05, 0) is 18.2 Å². The fourth-order valence-corrected chi connectivity index (χ4v) is 3.77. The number of carbonyl (C=O) groups is 1. The Labute approximate surface area is 131 Å². The van der Waals surface area contributed by atoms with E-state index in [1.165, 1.54) is 11.1 Å². The molecule has 0 spiro atoms. The van der Waals surface area contributed by atoms with Crippen LogP contribution in [0.2, 0.25) is 0 Å². The molecular formula is C17H24N2O3. The van der Waals surface area contributed by atoms with Gasteiger partial charge in [-0.3, -0.25) is 4.79 Å². The molecule has 0 radical (unpaired) electrons. The van der Waals surface area contributed by atoms with Gasteiger partial charge in [0.05, 0.1) is 19.3 Å². The molecule has 0 unspecified atom stereocenters. The first kappa shape index (κ1) is 15.5. The third-order valence-electron chi connectivity index (χ3n) is 4.69. The number of nitrogens with zero attached hydrogens (tertiary/aromatic N) is 1. The number of fused-ring (bicyclic) bond motifs is 3. The molecule has 2 aliphatic rings. The summed E-state index contributed by atoms with van der Waals surface area (Å²) in [6.45, 7) is 3.14. The fourth-order valence-electron chi connectivity index (χ4n) is 3.77. The third-order valence-corrected chi connectivity index (χ3v) is 4.69. The maximum absolute atomic E-state index is 12.2. The molecule has 5 heteroatoms. The Balaban J connectivity index is 1.66. The summed E-state index contributed by atoms with van der Waals surface area (Å²) in [6.07, 6.45) is 0. The first-order chi connectivity index (χ1) is 10.7. The molecule has 1 aromatic rings. The van der Waals surface area contributed by atoms with Crippen LogP contribution in [-0.2, 0) is 14.3 Å². The van der Waals surface area contributed by atoms with Crippen molar-refractivity contribution >= 4 is 5.91 Å². The quantitative estimate of drug-likeness (QED) is 0.802. The zero-order chi connectivity index (χ0) is 15.5. The maximum atomic E-state index is 12.2. The van der Waals surface area contributed by atoms with Crippen LogP contribution in [0, 0.1) is 5.92 Å². The second-order valence-corrected chi connectivity index (χ2v) is 6.21. The number of likely N-dealkylation sites (tertiary alicyclic amines) is 1. The monoisotopic (exact) mass is 304 g/mol. The summed E-state index contributed by atoms with van der Waals surface area (Å²) in [4.78, 5) is 14.5. The highest BCUT2D eigenvalue weighted by Gasteiger charge is 2.45. The van der Waals surface area contributed by atoms with E-state index in [1.54, 1.807) is 7.11 Å². The molecule has 0 aromatic heterocycles. The molecule has 5 nitrogen and oxygen atoms in total. The summed E-state index contributed by atoms with van der Waals surface area (Å²) in [7, 11) is 3.77. The van der Waals surface area contributed by atoms with Crippen LogP contribution in [0.25, 0.3) is 0 Å². The van der Waals surface area contributed by atoms with Gasteiger partial charge in [0.15, 0.2) is 0 Å². The van der Waals surface area contributed by atoms with Crippen molar-refractivity contribution in [2.24, 2.45) is 5.92 Å². The van der Waals surface area contributed by atoms with Crippen LogP contribution >= 0.6 is 0 Å². The van der Waals surface area contributed by atoms with E-state index in [-0.39, 0.29) is 18.6 Å². The van der Waals surface area contributed by atoms with Gasteiger partial charge in [-0.15, -0.1) is 0 Å². The number of ether oxygens (including phenoxy) is 2. The number of rotatable bonds is 6.